The lowest BCUT2D eigenvalue weighted by molar-refractivity contribution is -0.941. The summed E-state index contributed by atoms with van der Waals surface area (Å²) < 4.78 is 82.8. The zero-order valence-electron chi connectivity index (χ0n) is 50.7. The zero-order valence-corrected chi connectivity index (χ0v) is 50.7. The molecule has 5 aromatic rings. The topological polar surface area (TPSA) is 163 Å². The van der Waals surface area contributed by atoms with Gasteiger partial charge in [0.1, 0.15) is 12.1 Å². The van der Waals surface area contributed by atoms with Crippen molar-refractivity contribution in [1.82, 2.24) is 0 Å². The average Bonchev–Trinajstić information content (AvgIpc) is 3.45. The van der Waals surface area contributed by atoms with Crippen LogP contribution in [0.15, 0.2) is 60.7 Å². The number of likely N-dealkylation sites (N-methyl/N-ethyl adjacent to an activating group) is 2. The van der Waals surface area contributed by atoms with Crippen LogP contribution in [0.3, 0.4) is 0 Å². The second kappa shape index (κ2) is 28.5. The summed E-state index contributed by atoms with van der Waals surface area (Å²) in [7, 11) is 24.0. The molecule has 0 amide bonds. The predicted molar refractivity (Wildman–Crippen MR) is 311 cm³/mol. The summed E-state index contributed by atoms with van der Waals surface area (Å²) in [6.07, 6.45) is 5.59. The summed E-state index contributed by atoms with van der Waals surface area (Å²) in [6.45, 7) is 3.70. The normalized spacial score (nSPS) is 18.0. The third-order valence-electron chi connectivity index (χ3n) is 16.6. The molecule has 0 saturated carbocycles. The van der Waals surface area contributed by atoms with Gasteiger partial charge in [-0.15, -0.1) is 0 Å². The Morgan fingerprint density at radius 1 is 0.415 bits per heavy atom. The monoisotopic (exact) mass is 1140 g/mol. The van der Waals surface area contributed by atoms with Gasteiger partial charge >= 0.3 is 11.9 Å². The first-order valence-electron chi connectivity index (χ1n) is 27.9. The van der Waals surface area contributed by atoms with Gasteiger partial charge in [-0.25, -0.2) is 0 Å². The summed E-state index contributed by atoms with van der Waals surface area (Å²) in [5.74, 6) is 6.44. The lowest BCUT2D eigenvalue weighted by Crippen LogP contribution is -2.53. The summed E-state index contributed by atoms with van der Waals surface area (Å²) in [5, 5.41) is 0. The number of nitrogens with zero attached hydrogens (tertiary/aromatic N) is 2. The van der Waals surface area contributed by atoms with E-state index >= 15 is 0 Å². The van der Waals surface area contributed by atoms with Crippen LogP contribution in [-0.4, -0.2) is 160 Å². The van der Waals surface area contributed by atoms with E-state index in [1.54, 1.807) is 85.3 Å². The molecular formula is C64H86N2O16+2. The maximum Gasteiger partial charge on any atom is 0.306 e. The maximum atomic E-state index is 13.3. The number of carbonyl (C=O) groups excluding carboxylic acids is 2. The van der Waals surface area contributed by atoms with Gasteiger partial charge < -0.3 is 75.3 Å². The second-order valence-corrected chi connectivity index (χ2v) is 21.3. The molecule has 0 fully saturated rings. The quantitative estimate of drug-likeness (QED) is 0.0242. The van der Waals surface area contributed by atoms with Crippen LogP contribution in [0.25, 0.3) is 0 Å². The molecule has 7 rings (SSSR count). The molecule has 2 aliphatic heterocycles. The number of carbonyl (C=O) groups is 2. The van der Waals surface area contributed by atoms with Crippen molar-refractivity contribution in [3.8, 4) is 69.0 Å². The first-order valence-corrected chi connectivity index (χ1v) is 27.9. The number of quaternary nitrogens is 2. The molecule has 0 aliphatic carbocycles. The van der Waals surface area contributed by atoms with Crippen molar-refractivity contribution in [2.75, 3.05) is 139 Å². The lowest BCUT2D eigenvalue weighted by atomic mass is 9.85. The van der Waals surface area contributed by atoms with Gasteiger partial charge in [0, 0.05) is 51.4 Å². The van der Waals surface area contributed by atoms with E-state index in [9.17, 15) is 9.59 Å². The Bertz CT molecular complexity index is 2760. The lowest BCUT2D eigenvalue weighted by Gasteiger charge is -2.46. The number of fused-ring (bicyclic) bond motifs is 2. The molecule has 18 nitrogen and oxygen atoms in total. The van der Waals surface area contributed by atoms with E-state index in [1.165, 1.54) is 0 Å². The fraction of sp³-hybridized carbons (Fsp3) is 0.500. The van der Waals surface area contributed by atoms with Gasteiger partial charge in [-0.05, 0) is 82.6 Å². The van der Waals surface area contributed by atoms with Crippen LogP contribution in [0.2, 0.25) is 0 Å². The molecule has 0 spiro atoms. The van der Waals surface area contributed by atoms with E-state index in [-0.39, 0.29) is 50.1 Å². The Morgan fingerprint density at radius 2 is 0.744 bits per heavy atom. The molecule has 2 aliphatic rings. The molecule has 4 atom stereocenters. The van der Waals surface area contributed by atoms with Crippen LogP contribution in [0.4, 0.5) is 0 Å². The van der Waals surface area contributed by atoms with Crippen LogP contribution in [0, 0.1) is 0 Å². The number of esters is 2. The SMILES string of the molecule is COc1cc(CC2c3c(cc(OC)c(OC)c3OC)CC[N+]2(C)CCCOC(=O)CCc2cccc(CCC(=O)OCCC[N@+]3(C)CCc4cc(OC)c(OC)c(OC)c4[C@H]3Cc3cc(OC)c(OC)c(OC)c3)c2)cc(OC)c1OC. The van der Waals surface area contributed by atoms with Crippen molar-refractivity contribution in [1.29, 1.82) is 0 Å². The van der Waals surface area contributed by atoms with Crippen LogP contribution < -0.4 is 56.8 Å². The molecular weight excluding hydrogens is 1050 g/mol. The van der Waals surface area contributed by atoms with Crippen LogP contribution in [0.1, 0.15) is 82.3 Å². The standard InChI is InChI=1S/C64H86N2O16/c1-65(28-24-45-39-53(73-7)61(77-11)63(79-13)57(45)47(65)33-43-35-49(69-3)59(75-9)50(36-43)70-4)26-16-30-81-55(67)22-20-41-18-15-19-42(32-41)21-23-56(68)82-31-17-27-66(2)29-25-46-40-54(74-8)62(78-12)64(80-14)58(46)48(66)34-44-37-51(71-5)60(76-10)52(38-44)72-6/h15,18-19,32,35-40,47-48H,16-17,20-31,33-34H2,1-14H3/q+2/t47-,48?,65-,66?/m1/s1. The summed E-state index contributed by atoms with van der Waals surface area (Å²) in [6, 6.07) is 19.9. The van der Waals surface area contributed by atoms with Gasteiger partial charge in [0.15, 0.2) is 46.0 Å². The minimum atomic E-state index is -0.260. The van der Waals surface area contributed by atoms with Crippen molar-refractivity contribution < 1.29 is 84.9 Å². The molecule has 5 aromatic carbocycles. The zero-order chi connectivity index (χ0) is 59.1. The minimum absolute atomic E-state index is 0.0795. The molecule has 2 heterocycles. The highest BCUT2D eigenvalue weighted by molar-refractivity contribution is 5.70. The smallest absolute Gasteiger partial charge is 0.306 e. The van der Waals surface area contributed by atoms with Gasteiger partial charge in [0.25, 0.3) is 0 Å². The summed E-state index contributed by atoms with van der Waals surface area (Å²) in [4.78, 5) is 26.5. The van der Waals surface area contributed by atoms with Gasteiger partial charge in [0.2, 0.25) is 23.0 Å². The van der Waals surface area contributed by atoms with E-state index < -0.39 is 0 Å². The van der Waals surface area contributed by atoms with E-state index in [0.717, 1.165) is 83.5 Å². The fourth-order valence-electron chi connectivity index (χ4n) is 12.2. The number of methoxy groups -OCH3 is 12. The Kier molecular flexibility index (Phi) is 21.6. The highest BCUT2D eigenvalue weighted by Crippen LogP contribution is 2.53. The van der Waals surface area contributed by atoms with Crippen LogP contribution in [0.5, 0.6) is 69.0 Å². The van der Waals surface area contributed by atoms with Crippen molar-refractivity contribution in [2.45, 2.75) is 76.3 Å². The third-order valence-corrected chi connectivity index (χ3v) is 16.6. The average molecular weight is 1140 g/mol. The van der Waals surface area contributed by atoms with E-state index in [0.29, 0.717) is 116 Å². The Labute approximate surface area is 484 Å². The highest BCUT2D eigenvalue weighted by Gasteiger charge is 2.45. The number of benzene rings is 5. The predicted octanol–water partition coefficient (Wildman–Crippen LogP) is 9.50. The number of hydrogen-bond acceptors (Lipinski definition) is 16. The van der Waals surface area contributed by atoms with Gasteiger partial charge in [-0.1, -0.05) is 24.3 Å². The van der Waals surface area contributed by atoms with Crippen molar-refractivity contribution in [3.63, 3.8) is 0 Å². The van der Waals surface area contributed by atoms with Gasteiger partial charge in [-0.2, -0.15) is 0 Å². The number of rotatable bonds is 30. The molecule has 0 radical (unpaired) electrons. The molecule has 0 bridgehead atoms. The van der Waals surface area contributed by atoms with Crippen LogP contribution >= 0.6 is 0 Å². The Hall–Kier alpha value is -7.44. The van der Waals surface area contributed by atoms with Crippen molar-refractivity contribution in [3.05, 3.63) is 105 Å². The summed E-state index contributed by atoms with van der Waals surface area (Å²) >= 11 is 0. The first kappa shape index (κ1) is 62.2. The van der Waals surface area contributed by atoms with Gasteiger partial charge in [0.05, 0.1) is 150 Å². The molecule has 82 heavy (non-hydrogen) atoms. The van der Waals surface area contributed by atoms with E-state index in [1.807, 2.05) is 42.5 Å². The molecule has 446 valence electrons. The fourth-order valence-corrected chi connectivity index (χ4v) is 12.2. The largest absolute Gasteiger partial charge is 0.493 e. The number of aryl methyl sites for hydroxylation is 2. The van der Waals surface area contributed by atoms with Crippen LogP contribution in [-0.2, 0) is 57.6 Å². The molecule has 18 heteroatoms. The highest BCUT2D eigenvalue weighted by atomic mass is 16.6. The Morgan fingerprint density at radius 3 is 1.06 bits per heavy atom. The first-order chi connectivity index (χ1) is 39.6. The second-order valence-electron chi connectivity index (χ2n) is 21.3. The number of hydrogen-bond donors (Lipinski definition) is 0. The molecule has 2 unspecified atom stereocenters. The van der Waals surface area contributed by atoms with E-state index in [2.05, 4.69) is 32.3 Å². The Balaban J connectivity index is 0.930. The molecule has 0 saturated heterocycles. The van der Waals surface area contributed by atoms with E-state index in [4.69, 9.17) is 66.3 Å². The van der Waals surface area contributed by atoms with Crippen molar-refractivity contribution in [2.24, 2.45) is 0 Å². The maximum absolute atomic E-state index is 13.3. The summed E-state index contributed by atoms with van der Waals surface area (Å²) in [5.41, 5.74) is 8.36. The molecule has 0 aromatic heterocycles. The molecule has 0 N–H and O–H groups in total. The van der Waals surface area contributed by atoms with Gasteiger partial charge in [-0.3, -0.25) is 9.59 Å². The minimum Gasteiger partial charge on any atom is -0.493 e. The van der Waals surface area contributed by atoms with Crippen molar-refractivity contribution >= 4 is 11.9 Å². The number of ether oxygens (including phenoxy) is 14. The third kappa shape index (κ3) is 13.7.